The van der Waals surface area contributed by atoms with Crippen molar-refractivity contribution in [3.05, 3.63) is 70.7 Å². The second kappa shape index (κ2) is 8.36. The van der Waals surface area contributed by atoms with Gasteiger partial charge in [0.05, 0.1) is 23.3 Å². The number of nitrogens with one attached hydrogen (secondary N) is 2. The fourth-order valence-electron chi connectivity index (χ4n) is 3.58. The lowest BCUT2D eigenvalue weighted by Crippen LogP contribution is -2.46. The number of anilines is 2. The summed E-state index contributed by atoms with van der Waals surface area (Å²) in [5.41, 5.74) is 1.82. The number of pyridine rings is 1. The number of H-pyrrole nitrogens is 1. The van der Waals surface area contributed by atoms with Gasteiger partial charge in [-0.15, -0.1) is 0 Å². The van der Waals surface area contributed by atoms with Crippen molar-refractivity contribution in [2.24, 2.45) is 0 Å². The minimum Gasteiger partial charge on any atom is -0.463 e. The summed E-state index contributed by atoms with van der Waals surface area (Å²) in [5.74, 6) is 0.113. The minimum atomic E-state index is -0.453. The highest BCUT2D eigenvalue weighted by atomic mass is 16.3. The van der Waals surface area contributed by atoms with E-state index in [1.54, 1.807) is 18.2 Å². The maximum Gasteiger partial charge on any atom is 0.261 e. The predicted octanol–water partition coefficient (Wildman–Crippen LogP) is 3.03. The Kier molecular flexibility index (Phi) is 5.48. The second-order valence-corrected chi connectivity index (χ2v) is 6.98. The summed E-state index contributed by atoms with van der Waals surface area (Å²) in [7, 11) is 0. The maximum absolute atomic E-state index is 12.8. The number of nitrogens with zero attached hydrogens (tertiary/aromatic N) is 2. The molecular formula is C22H24N4O3. The number of rotatable bonds is 5. The topological polar surface area (TPSA) is 81.6 Å². The Labute approximate surface area is 169 Å². The van der Waals surface area contributed by atoms with Gasteiger partial charge in [-0.2, -0.15) is 0 Å². The van der Waals surface area contributed by atoms with Gasteiger partial charge in [-0.05, 0) is 42.9 Å². The number of carbonyl (C=O) groups is 1. The molecule has 1 fully saturated rings. The van der Waals surface area contributed by atoms with Crippen LogP contribution in [0.2, 0.25) is 0 Å². The molecule has 2 N–H and O–H groups in total. The van der Waals surface area contributed by atoms with E-state index < -0.39 is 11.5 Å². The number of piperazine rings is 1. The Balaban J connectivity index is 1.53. The van der Waals surface area contributed by atoms with Crippen LogP contribution in [-0.2, 0) is 0 Å². The van der Waals surface area contributed by atoms with Crippen LogP contribution in [0.4, 0.5) is 11.4 Å². The first-order valence-electron chi connectivity index (χ1n) is 9.80. The van der Waals surface area contributed by atoms with Crippen LogP contribution in [0.3, 0.4) is 0 Å². The fraction of sp³-hybridized carbons (Fsp3) is 0.273. The standard InChI is InChI=1S/C22H24N4O3/c1-2-25-11-13-26(14-12-25)19-7-4-3-6-17(19)23-21(27)16-9-10-18(24-22(16)28)20-8-5-15-29-20/h3-10,15H,2,11-14H2,1H3,(H,23,27)(H,24,28). The summed E-state index contributed by atoms with van der Waals surface area (Å²) in [4.78, 5) is 32.6. The Hall–Kier alpha value is -3.32. The molecule has 7 heteroatoms. The van der Waals surface area contributed by atoms with Gasteiger partial charge in [0.1, 0.15) is 11.3 Å². The molecule has 150 valence electrons. The minimum absolute atomic E-state index is 0.0610. The van der Waals surface area contributed by atoms with Crippen LogP contribution in [0.15, 0.2) is 64.0 Å². The number of aromatic nitrogens is 1. The molecule has 3 aromatic rings. The first-order chi connectivity index (χ1) is 14.2. The molecule has 0 saturated carbocycles. The van der Waals surface area contributed by atoms with Gasteiger partial charge in [0.2, 0.25) is 0 Å². The van der Waals surface area contributed by atoms with Gasteiger partial charge in [0, 0.05) is 26.2 Å². The summed E-state index contributed by atoms with van der Waals surface area (Å²) in [6, 6.07) is 14.4. The molecule has 7 nitrogen and oxygen atoms in total. The first kappa shape index (κ1) is 19.0. The van der Waals surface area contributed by atoms with Crippen LogP contribution < -0.4 is 15.8 Å². The SMILES string of the molecule is CCN1CCN(c2ccccc2NC(=O)c2ccc(-c3ccco3)[nH]c2=O)CC1. The van der Waals surface area contributed by atoms with Crippen molar-refractivity contribution in [2.75, 3.05) is 42.9 Å². The van der Waals surface area contributed by atoms with Gasteiger partial charge in [-0.3, -0.25) is 9.59 Å². The summed E-state index contributed by atoms with van der Waals surface area (Å²) in [5, 5.41) is 2.91. The summed E-state index contributed by atoms with van der Waals surface area (Å²) in [6.45, 7) is 7.00. The molecule has 1 aromatic carbocycles. The molecule has 29 heavy (non-hydrogen) atoms. The van der Waals surface area contributed by atoms with Crippen molar-refractivity contribution in [3.63, 3.8) is 0 Å². The fourth-order valence-corrected chi connectivity index (χ4v) is 3.58. The number of amides is 1. The lowest BCUT2D eigenvalue weighted by molar-refractivity contribution is 0.102. The van der Waals surface area contributed by atoms with E-state index in [9.17, 15) is 9.59 Å². The highest BCUT2D eigenvalue weighted by Crippen LogP contribution is 2.27. The zero-order valence-electron chi connectivity index (χ0n) is 16.4. The molecule has 0 unspecified atom stereocenters. The second-order valence-electron chi connectivity index (χ2n) is 6.98. The quantitative estimate of drug-likeness (QED) is 0.698. The Morgan fingerprint density at radius 2 is 1.86 bits per heavy atom. The number of furan rings is 1. The molecular weight excluding hydrogens is 368 g/mol. The van der Waals surface area contributed by atoms with Crippen LogP contribution in [0.25, 0.3) is 11.5 Å². The number of hydrogen-bond donors (Lipinski definition) is 2. The first-order valence-corrected chi connectivity index (χ1v) is 9.80. The molecule has 0 spiro atoms. The average Bonchev–Trinajstić information content (AvgIpc) is 3.29. The average molecular weight is 392 g/mol. The van der Waals surface area contributed by atoms with E-state index in [0.29, 0.717) is 17.1 Å². The monoisotopic (exact) mass is 392 g/mol. The molecule has 0 atom stereocenters. The van der Waals surface area contributed by atoms with Gasteiger partial charge >= 0.3 is 0 Å². The number of hydrogen-bond acceptors (Lipinski definition) is 5. The van der Waals surface area contributed by atoms with E-state index in [-0.39, 0.29) is 5.56 Å². The van der Waals surface area contributed by atoms with Crippen LogP contribution in [0.5, 0.6) is 0 Å². The Bertz CT molecular complexity index is 1030. The molecule has 1 aliphatic heterocycles. The Morgan fingerprint density at radius 3 is 2.55 bits per heavy atom. The van der Waals surface area contributed by atoms with Crippen molar-refractivity contribution >= 4 is 17.3 Å². The van der Waals surface area contributed by atoms with Crippen molar-refractivity contribution in [2.45, 2.75) is 6.92 Å². The Morgan fingerprint density at radius 1 is 1.07 bits per heavy atom. The van der Waals surface area contributed by atoms with E-state index in [0.717, 1.165) is 38.4 Å². The molecule has 1 amide bonds. The predicted molar refractivity (Wildman–Crippen MR) is 113 cm³/mol. The highest BCUT2D eigenvalue weighted by molar-refractivity contribution is 6.05. The lowest BCUT2D eigenvalue weighted by atomic mass is 10.2. The van der Waals surface area contributed by atoms with Crippen molar-refractivity contribution in [1.82, 2.24) is 9.88 Å². The molecule has 2 aromatic heterocycles. The van der Waals surface area contributed by atoms with Crippen molar-refractivity contribution in [3.8, 4) is 11.5 Å². The molecule has 1 aliphatic rings. The van der Waals surface area contributed by atoms with Gasteiger partial charge < -0.3 is 24.5 Å². The van der Waals surface area contributed by atoms with Crippen molar-refractivity contribution in [1.29, 1.82) is 0 Å². The number of aromatic amines is 1. The highest BCUT2D eigenvalue weighted by Gasteiger charge is 2.20. The van der Waals surface area contributed by atoms with E-state index in [4.69, 9.17) is 4.42 Å². The summed E-state index contributed by atoms with van der Waals surface area (Å²) >= 11 is 0. The molecule has 0 bridgehead atoms. The molecule has 0 radical (unpaired) electrons. The lowest BCUT2D eigenvalue weighted by Gasteiger charge is -2.36. The largest absolute Gasteiger partial charge is 0.463 e. The third-order valence-electron chi connectivity index (χ3n) is 5.25. The third kappa shape index (κ3) is 4.09. The molecule has 4 rings (SSSR count). The van der Waals surface area contributed by atoms with E-state index >= 15 is 0 Å². The van der Waals surface area contributed by atoms with E-state index in [1.807, 2.05) is 24.3 Å². The normalized spacial score (nSPS) is 14.7. The third-order valence-corrected chi connectivity index (χ3v) is 5.25. The zero-order chi connectivity index (χ0) is 20.2. The van der Waals surface area contributed by atoms with Crippen LogP contribution in [0, 0.1) is 0 Å². The van der Waals surface area contributed by atoms with Crippen LogP contribution >= 0.6 is 0 Å². The van der Waals surface area contributed by atoms with Crippen molar-refractivity contribution < 1.29 is 9.21 Å². The maximum atomic E-state index is 12.8. The van der Waals surface area contributed by atoms with Gasteiger partial charge in [-0.1, -0.05) is 19.1 Å². The van der Waals surface area contributed by atoms with Gasteiger partial charge in [-0.25, -0.2) is 0 Å². The zero-order valence-corrected chi connectivity index (χ0v) is 16.4. The molecule has 1 saturated heterocycles. The number of para-hydroxylation sites is 2. The number of likely N-dealkylation sites (N-methyl/N-ethyl adjacent to an activating group) is 1. The molecule has 0 aliphatic carbocycles. The van der Waals surface area contributed by atoms with Gasteiger partial charge in [0.15, 0.2) is 0 Å². The molecule has 3 heterocycles. The summed E-state index contributed by atoms with van der Waals surface area (Å²) < 4.78 is 5.29. The van der Waals surface area contributed by atoms with Gasteiger partial charge in [0.25, 0.3) is 11.5 Å². The van der Waals surface area contributed by atoms with Crippen LogP contribution in [0.1, 0.15) is 17.3 Å². The number of carbonyl (C=O) groups excluding carboxylic acids is 1. The van der Waals surface area contributed by atoms with Crippen LogP contribution in [-0.4, -0.2) is 48.5 Å². The number of benzene rings is 1. The van der Waals surface area contributed by atoms with E-state index in [1.165, 1.54) is 12.3 Å². The summed E-state index contributed by atoms with van der Waals surface area (Å²) in [6.07, 6.45) is 1.53. The van der Waals surface area contributed by atoms with E-state index in [2.05, 4.69) is 27.0 Å². The smallest absolute Gasteiger partial charge is 0.261 e.